The van der Waals surface area contributed by atoms with E-state index < -0.39 is 24.5 Å². The number of rotatable bonds is 6. The van der Waals surface area contributed by atoms with Crippen molar-refractivity contribution >= 4 is 28.6 Å². The van der Waals surface area contributed by atoms with Gasteiger partial charge in [-0.3, -0.25) is 9.48 Å². The van der Waals surface area contributed by atoms with Crippen LogP contribution in [0.15, 0.2) is 64.4 Å². The predicted molar refractivity (Wildman–Crippen MR) is 126 cm³/mol. The number of amides is 1. The molecule has 0 spiro atoms. The predicted octanol–water partition coefficient (Wildman–Crippen LogP) is 3.41. The molecule has 3 aromatic heterocycles. The van der Waals surface area contributed by atoms with Gasteiger partial charge in [0.25, 0.3) is 5.91 Å². The number of pyridine rings is 1. The van der Waals surface area contributed by atoms with Crippen LogP contribution in [0.3, 0.4) is 0 Å². The number of carbonyl (C=O) groups excluding carboxylic acids is 2. The van der Waals surface area contributed by atoms with Crippen molar-refractivity contribution in [1.82, 2.24) is 19.8 Å². The number of esters is 1. The Morgan fingerprint density at radius 3 is 2.71 bits per heavy atom. The van der Waals surface area contributed by atoms with Gasteiger partial charge in [0.1, 0.15) is 17.6 Å². The highest BCUT2D eigenvalue weighted by molar-refractivity contribution is 6.03. The van der Waals surface area contributed by atoms with Crippen molar-refractivity contribution in [2.24, 2.45) is 12.1 Å². The van der Waals surface area contributed by atoms with Crippen LogP contribution in [0.1, 0.15) is 39.8 Å². The number of hydrogen-bond donors (Lipinski definition) is 0. The fraction of sp³-hybridized carbons (Fsp3) is 0.240. The number of nitrogens with zero attached hydrogens (tertiary/aromatic N) is 5. The van der Waals surface area contributed by atoms with Crippen molar-refractivity contribution in [2.45, 2.75) is 19.4 Å². The van der Waals surface area contributed by atoms with Gasteiger partial charge in [0.05, 0.1) is 30.3 Å². The summed E-state index contributed by atoms with van der Waals surface area (Å²) in [5, 5.41) is 10.9. The van der Waals surface area contributed by atoms with Crippen LogP contribution >= 0.6 is 0 Å². The Morgan fingerprint density at radius 1 is 1.20 bits per heavy atom. The van der Waals surface area contributed by atoms with Crippen molar-refractivity contribution in [1.29, 1.82) is 0 Å². The molecule has 4 heterocycles. The van der Waals surface area contributed by atoms with E-state index in [4.69, 9.17) is 13.9 Å². The number of hydrogen-bond acceptors (Lipinski definition) is 8. The van der Waals surface area contributed by atoms with E-state index in [1.165, 1.54) is 11.2 Å². The second-order valence-electron chi connectivity index (χ2n) is 8.13. The van der Waals surface area contributed by atoms with Crippen LogP contribution in [0.5, 0.6) is 5.75 Å². The number of aromatic nitrogens is 3. The first kappa shape index (κ1) is 22.3. The number of carbonyl (C=O) groups is 2. The van der Waals surface area contributed by atoms with Crippen molar-refractivity contribution in [3.8, 4) is 5.75 Å². The van der Waals surface area contributed by atoms with Crippen LogP contribution in [0, 0.1) is 6.92 Å². The molecule has 1 aliphatic heterocycles. The Morgan fingerprint density at radius 2 is 2.00 bits per heavy atom. The molecule has 1 atom stereocenters. The van der Waals surface area contributed by atoms with E-state index in [2.05, 4.69) is 15.2 Å². The second kappa shape index (κ2) is 9.05. The summed E-state index contributed by atoms with van der Waals surface area (Å²) in [6, 6.07) is 12.2. The molecule has 1 aliphatic rings. The molecule has 10 nitrogen and oxygen atoms in total. The van der Waals surface area contributed by atoms with Crippen molar-refractivity contribution in [2.75, 3.05) is 13.7 Å². The summed E-state index contributed by atoms with van der Waals surface area (Å²) in [7, 11) is 3.38. The Balaban J connectivity index is 1.33. The fourth-order valence-corrected chi connectivity index (χ4v) is 4.10. The summed E-state index contributed by atoms with van der Waals surface area (Å²) in [6.07, 6.45) is 3.42. The summed E-state index contributed by atoms with van der Waals surface area (Å²) >= 11 is 0. The molecule has 1 amide bonds. The number of aryl methyl sites for hydroxylation is 2. The highest BCUT2D eigenvalue weighted by Crippen LogP contribution is 2.33. The Bertz CT molecular complexity index is 1420. The minimum Gasteiger partial charge on any atom is -0.497 e. The number of furan rings is 1. The topological polar surface area (TPSA) is 112 Å². The Hall–Kier alpha value is -4.47. The highest BCUT2D eigenvalue weighted by atomic mass is 16.5. The third kappa shape index (κ3) is 4.25. The molecule has 0 N–H and O–H groups in total. The first-order chi connectivity index (χ1) is 16.9. The zero-order chi connectivity index (χ0) is 24.5. The van der Waals surface area contributed by atoms with E-state index in [0.717, 1.165) is 28.1 Å². The number of ether oxygens (including phenoxy) is 2. The van der Waals surface area contributed by atoms with E-state index in [0.29, 0.717) is 17.8 Å². The quantitative estimate of drug-likeness (QED) is 0.395. The summed E-state index contributed by atoms with van der Waals surface area (Å²) in [5.41, 5.74) is 3.23. The average molecular weight is 473 g/mol. The lowest BCUT2D eigenvalue weighted by atomic mass is 10.0. The SMILES string of the molecule is COc1ccc(C2=NN(C(=O)COC(=O)c3cnc4c(c3)c(C)nn4C)C(c3ccco3)C2)cc1. The van der Waals surface area contributed by atoms with E-state index in [1.807, 2.05) is 31.2 Å². The number of hydrazone groups is 1. The normalized spacial score (nSPS) is 15.3. The third-order valence-corrected chi connectivity index (χ3v) is 5.89. The van der Waals surface area contributed by atoms with Gasteiger partial charge in [-0.2, -0.15) is 10.2 Å². The number of fused-ring (bicyclic) bond motifs is 1. The molecule has 5 rings (SSSR count). The molecule has 0 saturated heterocycles. The van der Waals surface area contributed by atoms with Gasteiger partial charge in [0.15, 0.2) is 12.3 Å². The van der Waals surface area contributed by atoms with E-state index in [1.54, 1.807) is 43.3 Å². The molecular weight excluding hydrogens is 450 g/mol. The lowest BCUT2D eigenvalue weighted by Gasteiger charge is -2.19. The summed E-state index contributed by atoms with van der Waals surface area (Å²) in [4.78, 5) is 30.0. The molecule has 0 saturated carbocycles. The molecule has 1 unspecified atom stereocenters. The molecule has 10 heteroatoms. The molecule has 178 valence electrons. The van der Waals surface area contributed by atoms with Crippen LogP contribution in [-0.2, 0) is 16.6 Å². The maximum Gasteiger partial charge on any atom is 0.340 e. The maximum atomic E-state index is 13.1. The molecule has 0 aliphatic carbocycles. The van der Waals surface area contributed by atoms with Crippen LogP contribution in [-0.4, -0.2) is 51.1 Å². The van der Waals surface area contributed by atoms with Crippen molar-refractivity contribution in [3.63, 3.8) is 0 Å². The third-order valence-electron chi connectivity index (χ3n) is 5.89. The maximum absolute atomic E-state index is 13.1. The van der Waals surface area contributed by atoms with Gasteiger partial charge in [-0.15, -0.1) is 0 Å². The lowest BCUT2D eigenvalue weighted by Crippen LogP contribution is -2.31. The van der Waals surface area contributed by atoms with Gasteiger partial charge in [-0.25, -0.2) is 14.8 Å². The fourth-order valence-electron chi connectivity index (χ4n) is 4.10. The van der Waals surface area contributed by atoms with Gasteiger partial charge in [0, 0.05) is 25.1 Å². The van der Waals surface area contributed by atoms with Crippen LogP contribution < -0.4 is 4.74 Å². The van der Waals surface area contributed by atoms with Gasteiger partial charge in [-0.05, 0) is 55.0 Å². The van der Waals surface area contributed by atoms with Gasteiger partial charge in [0.2, 0.25) is 0 Å². The van der Waals surface area contributed by atoms with Gasteiger partial charge >= 0.3 is 5.97 Å². The molecular formula is C25H23N5O5. The standard InChI is InChI=1S/C25H23N5O5/c1-15-19-11-17(13-26-24(19)29(2)27-15)25(32)35-14-23(31)30-21(22-5-4-10-34-22)12-20(28-30)16-6-8-18(33-3)9-7-16/h4-11,13,21H,12,14H2,1-3H3. The first-order valence-corrected chi connectivity index (χ1v) is 11.0. The molecule has 1 aromatic carbocycles. The monoisotopic (exact) mass is 473 g/mol. The second-order valence-corrected chi connectivity index (χ2v) is 8.13. The van der Waals surface area contributed by atoms with Crippen LogP contribution in [0.4, 0.5) is 0 Å². The zero-order valence-corrected chi connectivity index (χ0v) is 19.5. The van der Waals surface area contributed by atoms with Crippen molar-refractivity contribution < 1.29 is 23.5 Å². The van der Waals surface area contributed by atoms with Crippen LogP contribution in [0.25, 0.3) is 11.0 Å². The average Bonchev–Trinajstić information content (AvgIpc) is 3.62. The molecule has 0 radical (unpaired) electrons. The first-order valence-electron chi connectivity index (χ1n) is 11.0. The smallest absolute Gasteiger partial charge is 0.340 e. The van der Waals surface area contributed by atoms with E-state index >= 15 is 0 Å². The van der Waals surface area contributed by atoms with E-state index in [9.17, 15) is 9.59 Å². The van der Waals surface area contributed by atoms with Crippen LogP contribution in [0.2, 0.25) is 0 Å². The minimum atomic E-state index is -0.649. The summed E-state index contributed by atoms with van der Waals surface area (Å²) < 4.78 is 17.7. The molecule has 35 heavy (non-hydrogen) atoms. The summed E-state index contributed by atoms with van der Waals surface area (Å²) in [6.45, 7) is 1.36. The van der Waals surface area contributed by atoms with Crippen molar-refractivity contribution in [3.05, 3.63) is 77.5 Å². The highest BCUT2D eigenvalue weighted by Gasteiger charge is 2.35. The van der Waals surface area contributed by atoms with Gasteiger partial charge < -0.3 is 13.9 Å². The number of benzene rings is 1. The summed E-state index contributed by atoms with van der Waals surface area (Å²) in [5.74, 6) is 0.210. The molecule has 0 fully saturated rings. The minimum absolute atomic E-state index is 0.243. The zero-order valence-electron chi connectivity index (χ0n) is 19.5. The molecule has 4 aromatic rings. The Labute approximate surface area is 200 Å². The van der Waals surface area contributed by atoms with Gasteiger partial charge in [-0.1, -0.05) is 0 Å². The Kier molecular flexibility index (Phi) is 5.77. The molecule has 0 bridgehead atoms. The van der Waals surface area contributed by atoms with E-state index in [-0.39, 0.29) is 5.56 Å². The lowest BCUT2D eigenvalue weighted by molar-refractivity contribution is -0.136. The largest absolute Gasteiger partial charge is 0.497 e. The number of methoxy groups -OCH3 is 1.